The molecule has 0 radical (unpaired) electrons. The smallest absolute Gasteiger partial charge is 0.251 e. The number of benzene rings is 2. The van der Waals surface area contributed by atoms with Gasteiger partial charge in [0.15, 0.2) is 0 Å². The van der Waals surface area contributed by atoms with Crippen LogP contribution in [0.15, 0.2) is 48.5 Å². The van der Waals surface area contributed by atoms with Gasteiger partial charge in [0.1, 0.15) is 0 Å². The zero-order valence-electron chi connectivity index (χ0n) is 22.7. The molecule has 2 fully saturated rings. The SMILES string of the molecule is CCNc1cc(C(=O)N[C@@H](Cc2ccccc2)[C@H](O)CNC2(CC)CCC2)cc(N2CCCCS2(O)O)c1. The minimum atomic E-state index is -2.92. The fourth-order valence-corrected chi connectivity index (χ4v) is 7.10. The Morgan fingerprint density at radius 3 is 2.47 bits per heavy atom. The van der Waals surface area contributed by atoms with E-state index in [0.717, 1.165) is 43.4 Å². The average Bonchev–Trinajstić information content (AvgIpc) is 2.88. The fraction of sp³-hybridized carbons (Fsp3) is 0.552. The highest BCUT2D eigenvalue weighted by Crippen LogP contribution is 2.50. The summed E-state index contributed by atoms with van der Waals surface area (Å²) in [5.74, 6) is 0.0331. The zero-order valence-corrected chi connectivity index (χ0v) is 23.5. The number of carbonyl (C=O) groups excluding carboxylic acids is 1. The van der Waals surface area contributed by atoms with Gasteiger partial charge in [-0.1, -0.05) is 37.3 Å². The molecule has 2 aromatic rings. The van der Waals surface area contributed by atoms with Crippen LogP contribution in [0.3, 0.4) is 0 Å². The van der Waals surface area contributed by atoms with E-state index in [4.69, 9.17) is 0 Å². The first-order chi connectivity index (χ1) is 18.2. The van der Waals surface area contributed by atoms with Crippen LogP contribution in [-0.4, -0.2) is 63.2 Å². The summed E-state index contributed by atoms with van der Waals surface area (Å²) in [6.45, 7) is 5.75. The van der Waals surface area contributed by atoms with Crippen LogP contribution < -0.4 is 20.3 Å². The van der Waals surface area contributed by atoms with Crippen LogP contribution in [0, 0.1) is 0 Å². The number of carbonyl (C=O) groups is 1. The normalized spacial score (nSPS) is 20.6. The summed E-state index contributed by atoms with van der Waals surface area (Å²) in [6.07, 6.45) is 5.81. The molecule has 9 heteroatoms. The lowest BCUT2D eigenvalue weighted by Crippen LogP contribution is -2.56. The summed E-state index contributed by atoms with van der Waals surface area (Å²) in [6, 6.07) is 14.8. The first-order valence-electron chi connectivity index (χ1n) is 14.0. The van der Waals surface area contributed by atoms with E-state index in [1.54, 1.807) is 16.4 Å². The Bertz CT molecular complexity index is 1060. The van der Waals surface area contributed by atoms with Crippen molar-refractivity contribution in [3.63, 3.8) is 0 Å². The van der Waals surface area contributed by atoms with Gasteiger partial charge in [0.05, 0.1) is 23.6 Å². The predicted octanol–water partition coefficient (Wildman–Crippen LogP) is 5.01. The van der Waals surface area contributed by atoms with Gasteiger partial charge < -0.3 is 21.1 Å². The number of rotatable bonds is 12. The number of aliphatic hydroxyl groups is 1. The minimum absolute atomic E-state index is 0.0925. The van der Waals surface area contributed by atoms with E-state index in [-0.39, 0.29) is 11.4 Å². The second-order valence-electron chi connectivity index (χ2n) is 10.6. The van der Waals surface area contributed by atoms with Crippen molar-refractivity contribution >= 4 is 28.1 Å². The molecule has 4 rings (SSSR count). The van der Waals surface area contributed by atoms with Crippen molar-refractivity contribution < 1.29 is 19.0 Å². The quantitative estimate of drug-likeness (QED) is 0.222. The van der Waals surface area contributed by atoms with Crippen LogP contribution in [0.2, 0.25) is 0 Å². The van der Waals surface area contributed by atoms with E-state index < -0.39 is 22.9 Å². The highest BCUT2D eigenvalue weighted by molar-refractivity contribution is 8.25. The van der Waals surface area contributed by atoms with Gasteiger partial charge in [-0.25, -0.2) is 0 Å². The third-order valence-corrected chi connectivity index (χ3v) is 9.92. The maximum Gasteiger partial charge on any atom is 0.251 e. The Hall–Kier alpha value is -2.30. The Morgan fingerprint density at radius 1 is 1.08 bits per heavy atom. The number of nitrogens with zero attached hydrogens (tertiary/aromatic N) is 1. The third kappa shape index (κ3) is 7.01. The lowest BCUT2D eigenvalue weighted by Gasteiger charge is -2.47. The van der Waals surface area contributed by atoms with Crippen molar-refractivity contribution in [1.82, 2.24) is 10.6 Å². The summed E-state index contributed by atoms with van der Waals surface area (Å²) in [7, 11) is -2.92. The standard InChI is InChI=1S/C29H44N4O4S/c1-3-29(13-10-14-29)31-21-27(34)26(17-22-11-6-5-7-12-22)32-28(35)23-18-24(30-4-2)20-25(19-23)33-15-8-9-16-38(33,36)37/h5-7,11-12,18-20,26-27,30-31,34,36-37H,3-4,8-10,13-17,21H2,1-2H3,(H,32,35)/t26-,27+/m0/s1. The maximum absolute atomic E-state index is 13.6. The number of anilines is 2. The minimum Gasteiger partial charge on any atom is -0.390 e. The van der Waals surface area contributed by atoms with Crippen molar-refractivity contribution in [2.24, 2.45) is 0 Å². The molecule has 0 spiro atoms. The molecule has 2 atom stereocenters. The molecule has 2 aromatic carbocycles. The van der Waals surface area contributed by atoms with Gasteiger partial charge in [-0.2, -0.15) is 0 Å². The molecule has 6 N–H and O–H groups in total. The van der Waals surface area contributed by atoms with Gasteiger partial charge in [-0.05, 0) is 75.6 Å². The van der Waals surface area contributed by atoms with E-state index in [0.29, 0.717) is 43.1 Å². The monoisotopic (exact) mass is 544 g/mol. The molecule has 8 nitrogen and oxygen atoms in total. The van der Waals surface area contributed by atoms with E-state index in [1.165, 1.54) is 6.42 Å². The molecular weight excluding hydrogens is 500 g/mol. The molecule has 1 amide bonds. The predicted molar refractivity (Wildman–Crippen MR) is 157 cm³/mol. The summed E-state index contributed by atoms with van der Waals surface area (Å²) in [5.41, 5.74) is 2.91. The third-order valence-electron chi connectivity index (χ3n) is 7.98. The van der Waals surface area contributed by atoms with Crippen molar-refractivity contribution in [3.8, 4) is 0 Å². The van der Waals surface area contributed by atoms with Crippen molar-refractivity contribution in [1.29, 1.82) is 0 Å². The molecule has 0 bridgehead atoms. The fourth-order valence-electron chi connectivity index (χ4n) is 5.42. The van der Waals surface area contributed by atoms with Gasteiger partial charge in [0, 0.05) is 36.4 Å². The molecule has 1 saturated heterocycles. The second-order valence-corrected chi connectivity index (χ2v) is 12.8. The topological polar surface area (TPSA) is 117 Å². The molecular formula is C29H44N4O4S. The van der Waals surface area contributed by atoms with E-state index in [2.05, 4.69) is 22.9 Å². The Kier molecular flexibility index (Phi) is 9.59. The number of nitrogens with one attached hydrogen (secondary N) is 3. The number of amides is 1. The van der Waals surface area contributed by atoms with Crippen molar-refractivity contribution in [2.75, 3.05) is 35.0 Å². The van der Waals surface area contributed by atoms with Crippen LogP contribution in [0.1, 0.15) is 68.3 Å². The van der Waals surface area contributed by atoms with Gasteiger partial charge in [-0.3, -0.25) is 18.2 Å². The Balaban J connectivity index is 1.56. The van der Waals surface area contributed by atoms with E-state index in [9.17, 15) is 19.0 Å². The van der Waals surface area contributed by atoms with Crippen LogP contribution in [-0.2, 0) is 6.42 Å². The van der Waals surface area contributed by atoms with Crippen LogP contribution in [0.25, 0.3) is 0 Å². The lowest BCUT2D eigenvalue weighted by atomic mass is 9.74. The molecule has 1 heterocycles. The largest absolute Gasteiger partial charge is 0.390 e. The molecule has 2 aliphatic rings. The first-order valence-corrected chi connectivity index (χ1v) is 15.6. The number of aliphatic hydroxyl groups excluding tert-OH is 1. The molecule has 210 valence electrons. The summed E-state index contributed by atoms with van der Waals surface area (Å²) < 4.78 is 23.0. The Morgan fingerprint density at radius 2 is 1.84 bits per heavy atom. The van der Waals surface area contributed by atoms with Gasteiger partial charge in [-0.15, -0.1) is 10.8 Å². The first kappa shape index (κ1) is 28.7. The molecule has 1 aliphatic heterocycles. The maximum atomic E-state index is 13.6. The van der Waals surface area contributed by atoms with Crippen LogP contribution >= 0.6 is 10.8 Å². The highest BCUT2D eigenvalue weighted by atomic mass is 32.3. The number of β-amino-alcohol motifs (C(OH)–C–C–N with tert-alkyl or cyclic N) is 1. The summed E-state index contributed by atoms with van der Waals surface area (Å²) in [4.78, 5) is 13.6. The molecule has 0 unspecified atom stereocenters. The van der Waals surface area contributed by atoms with Crippen molar-refractivity contribution in [3.05, 3.63) is 59.7 Å². The Labute approximate surface area is 228 Å². The van der Waals surface area contributed by atoms with Crippen LogP contribution in [0.4, 0.5) is 11.4 Å². The summed E-state index contributed by atoms with van der Waals surface area (Å²) >= 11 is 0. The number of hydrogen-bond acceptors (Lipinski definition) is 7. The molecule has 1 aliphatic carbocycles. The molecule has 38 heavy (non-hydrogen) atoms. The molecule has 0 aromatic heterocycles. The van der Waals surface area contributed by atoms with Crippen molar-refractivity contribution in [2.45, 2.75) is 76.5 Å². The lowest BCUT2D eigenvalue weighted by molar-refractivity contribution is 0.0754. The van der Waals surface area contributed by atoms with E-state index in [1.807, 2.05) is 43.3 Å². The zero-order chi connectivity index (χ0) is 27.2. The van der Waals surface area contributed by atoms with E-state index >= 15 is 0 Å². The second kappa shape index (κ2) is 12.7. The number of hydrogen-bond donors (Lipinski definition) is 6. The highest BCUT2D eigenvalue weighted by Gasteiger charge is 2.36. The average molecular weight is 545 g/mol. The van der Waals surface area contributed by atoms with Gasteiger partial charge in [0.2, 0.25) is 0 Å². The molecule has 1 saturated carbocycles. The van der Waals surface area contributed by atoms with Gasteiger partial charge >= 0.3 is 0 Å². The van der Waals surface area contributed by atoms with Gasteiger partial charge in [0.25, 0.3) is 5.91 Å². The summed E-state index contributed by atoms with van der Waals surface area (Å²) in [5, 5.41) is 21.2. The van der Waals surface area contributed by atoms with Crippen LogP contribution in [0.5, 0.6) is 0 Å².